The fourth-order valence-corrected chi connectivity index (χ4v) is 1.83. The highest BCUT2D eigenvalue weighted by atomic mass is 32.2. The van der Waals surface area contributed by atoms with Crippen LogP contribution in [-0.4, -0.2) is 33.8 Å². The summed E-state index contributed by atoms with van der Waals surface area (Å²) in [5, 5.41) is 0.585. The van der Waals surface area contributed by atoms with Crippen LogP contribution in [0.5, 0.6) is 0 Å². The Labute approximate surface area is 102 Å². The molecule has 6 nitrogen and oxygen atoms in total. The van der Waals surface area contributed by atoms with Crippen molar-refractivity contribution in [2.45, 2.75) is 12.1 Å². The van der Waals surface area contributed by atoms with Gasteiger partial charge in [-0.2, -0.15) is 0 Å². The number of hydrogen-bond acceptors (Lipinski definition) is 6. The molecule has 17 heavy (non-hydrogen) atoms. The first-order valence-electron chi connectivity index (χ1n) is 5.02. The molecule has 0 fully saturated rings. The van der Waals surface area contributed by atoms with E-state index in [1.54, 1.807) is 13.1 Å². The zero-order chi connectivity index (χ0) is 12.4. The van der Waals surface area contributed by atoms with Crippen molar-refractivity contribution in [2.24, 2.45) is 0 Å². The Bertz CT molecular complexity index is 567. The van der Waals surface area contributed by atoms with Gasteiger partial charge in [0, 0.05) is 0 Å². The Morgan fingerprint density at radius 1 is 1.65 bits per heavy atom. The minimum atomic E-state index is -0.470. The number of aromatic amines is 1. The van der Waals surface area contributed by atoms with E-state index in [2.05, 4.69) is 15.0 Å². The molecule has 7 heteroatoms. The summed E-state index contributed by atoms with van der Waals surface area (Å²) in [6.45, 7) is 2.04. The standard InChI is InChI=1S/C10H12N4O2S/c1-3-16-9(15)6-7-5(13-8(6)11)4-12-10(14-7)17-2/h4,13H,3,11H2,1-2H3. The highest BCUT2D eigenvalue weighted by Crippen LogP contribution is 2.24. The molecule has 0 amide bonds. The fraction of sp³-hybridized carbons (Fsp3) is 0.300. The van der Waals surface area contributed by atoms with Gasteiger partial charge >= 0.3 is 5.97 Å². The Kier molecular flexibility index (Phi) is 3.19. The van der Waals surface area contributed by atoms with Gasteiger partial charge in [-0.1, -0.05) is 11.8 Å². The normalized spacial score (nSPS) is 10.7. The van der Waals surface area contributed by atoms with Gasteiger partial charge in [-0.25, -0.2) is 14.8 Å². The predicted octanol–water partition coefficient (Wildman–Crippen LogP) is 1.44. The van der Waals surface area contributed by atoms with E-state index in [0.29, 0.717) is 22.8 Å². The Balaban J connectivity index is 2.60. The minimum absolute atomic E-state index is 0.256. The van der Waals surface area contributed by atoms with Crippen molar-refractivity contribution in [2.75, 3.05) is 18.6 Å². The molecule has 0 aromatic carbocycles. The molecule has 2 aromatic rings. The zero-order valence-corrected chi connectivity index (χ0v) is 10.3. The monoisotopic (exact) mass is 252 g/mol. The summed E-state index contributed by atoms with van der Waals surface area (Å²) in [4.78, 5) is 23.0. The van der Waals surface area contributed by atoms with Gasteiger partial charge in [0.25, 0.3) is 0 Å². The second-order valence-corrected chi connectivity index (χ2v) is 4.03. The molecule has 2 rings (SSSR count). The van der Waals surface area contributed by atoms with Gasteiger partial charge in [0.2, 0.25) is 0 Å². The lowest BCUT2D eigenvalue weighted by Crippen LogP contribution is -2.07. The topological polar surface area (TPSA) is 93.9 Å². The van der Waals surface area contributed by atoms with Crippen LogP contribution in [0.2, 0.25) is 0 Å². The summed E-state index contributed by atoms with van der Waals surface area (Å²) in [5.74, 6) is -0.215. The lowest BCUT2D eigenvalue weighted by molar-refractivity contribution is 0.0529. The van der Waals surface area contributed by atoms with Gasteiger partial charge in [0.1, 0.15) is 16.9 Å². The summed E-state index contributed by atoms with van der Waals surface area (Å²) in [5.41, 5.74) is 7.15. The van der Waals surface area contributed by atoms with Crippen molar-refractivity contribution < 1.29 is 9.53 Å². The van der Waals surface area contributed by atoms with Crippen molar-refractivity contribution in [1.29, 1.82) is 0 Å². The summed E-state index contributed by atoms with van der Waals surface area (Å²) in [7, 11) is 0. The van der Waals surface area contributed by atoms with Crippen molar-refractivity contribution in [3.63, 3.8) is 0 Å². The number of carbonyl (C=O) groups excluding carboxylic acids is 1. The van der Waals surface area contributed by atoms with E-state index >= 15 is 0 Å². The number of hydrogen-bond donors (Lipinski definition) is 2. The van der Waals surface area contributed by atoms with Gasteiger partial charge in [-0.05, 0) is 13.2 Å². The minimum Gasteiger partial charge on any atom is -0.462 e. The second kappa shape index (κ2) is 4.62. The van der Waals surface area contributed by atoms with Crippen LogP contribution < -0.4 is 5.73 Å². The van der Waals surface area contributed by atoms with Crippen LogP contribution in [0.4, 0.5) is 5.82 Å². The van der Waals surface area contributed by atoms with Crippen molar-refractivity contribution in [1.82, 2.24) is 15.0 Å². The highest BCUT2D eigenvalue weighted by Gasteiger charge is 2.19. The van der Waals surface area contributed by atoms with E-state index in [1.165, 1.54) is 11.8 Å². The van der Waals surface area contributed by atoms with Crippen molar-refractivity contribution >= 4 is 34.6 Å². The number of nitrogens with one attached hydrogen (secondary N) is 1. The lowest BCUT2D eigenvalue weighted by Gasteiger charge is -2.01. The number of rotatable bonds is 3. The van der Waals surface area contributed by atoms with Crippen LogP contribution in [0.3, 0.4) is 0 Å². The van der Waals surface area contributed by atoms with Crippen LogP contribution in [0, 0.1) is 0 Å². The molecule has 2 aromatic heterocycles. The third kappa shape index (κ3) is 2.05. The van der Waals surface area contributed by atoms with Gasteiger partial charge in [0.05, 0.1) is 18.3 Å². The van der Waals surface area contributed by atoms with E-state index in [4.69, 9.17) is 10.5 Å². The van der Waals surface area contributed by atoms with Gasteiger partial charge in [-0.3, -0.25) is 0 Å². The highest BCUT2D eigenvalue weighted by molar-refractivity contribution is 7.98. The predicted molar refractivity (Wildman–Crippen MR) is 66.0 cm³/mol. The molecule has 0 saturated carbocycles. The molecule has 0 unspecified atom stereocenters. The fourth-order valence-electron chi connectivity index (χ4n) is 1.49. The molecule has 2 heterocycles. The second-order valence-electron chi connectivity index (χ2n) is 3.25. The lowest BCUT2D eigenvalue weighted by atomic mass is 10.2. The number of carbonyl (C=O) groups is 1. The van der Waals surface area contributed by atoms with Gasteiger partial charge in [0.15, 0.2) is 5.16 Å². The van der Waals surface area contributed by atoms with E-state index in [0.717, 1.165) is 0 Å². The summed E-state index contributed by atoms with van der Waals surface area (Å²) in [6, 6.07) is 0. The molecule has 0 aliphatic carbocycles. The zero-order valence-electron chi connectivity index (χ0n) is 9.48. The third-order valence-corrected chi connectivity index (χ3v) is 2.77. The molecule has 0 spiro atoms. The molecular formula is C10H12N4O2S. The number of nitrogen functional groups attached to an aromatic ring is 1. The molecule has 0 radical (unpaired) electrons. The number of H-pyrrole nitrogens is 1. The molecule has 0 saturated heterocycles. The van der Waals surface area contributed by atoms with Crippen LogP contribution in [0.1, 0.15) is 17.3 Å². The molecule has 0 aliphatic rings. The number of fused-ring (bicyclic) bond motifs is 1. The Morgan fingerprint density at radius 2 is 2.41 bits per heavy atom. The number of thioether (sulfide) groups is 1. The van der Waals surface area contributed by atoms with Crippen molar-refractivity contribution in [3.05, 3.63) is 11.8 Å². The van der Waals surface area contributed by atoms with Gasteiger partial charge < -0.3 is 15.5 Å². The maximum atomic E-state index is 11.8. The van der Waals surface area contributed by atoms with Crippen molar-refractivity contribution in [3.8, 4) is 0 Å². The maximum Gasteiger partial charge on any atom is 0.344 e. The van der Waals surface area contributed by atoms with E-state index in [-0.39, 0.29) is 11.4 Å². The number of anilines is 1. The number of ether oxygens (including phenoxy) is 1. The first-order valence-corrected chi connectivity index (χ1v) is 6.25. The van der Waals surface area contributed by atoms with E-state index < -0.39 is 5.97 Å². The Morgan fingerprint density at radius 3 is 3.06 bits per heavy atom. The molecular weight excluding hydrogens is 240 g/mol. The largest absolute Gasteiger partial charge is 0.462 e. The SMILES string of the molecule is CCOC(=O)c1c(N)[nH]c2cnc(SC)nc12. The third-order valence-electron chi connectivity index (χ3n) is 2.20. The molecule has 0 bridgehead atoms. The maximum absolute atomic E-state index is 11.8. The summed E-state index contributed by atoms with van der Waals surface area (Å²) >= 11 is 1.40. The van der Waals surface area contributed by atoms with E-state index in [1.807, 2.05) is 6.26 Å². The van der Waals surface area contributed by atoms with Gasteiger partial charge in [-0.15, -0.1) is 0 Å². The average molecular weight is 252 g/mol. The molecule has 0 aliphatic heterocycles. The molecule has 90 valence electrons. The number of aromatic nitrogens is 3. The Hall–Kier alpha value is -1.76. The first kappa shape index (κ1) is 11.7. The quantitative estimate of drug-likeness (QED) is 0.487. The van der Waals surface area contributed by atoms with Crippen LogP contribution in [0.25, 0.3) is 11.0 Å². The van der Waals surface area contributed by atoms with Crippen LogP contribution in [-0.2, 0) is 4.74 Å². The molecule has 3 N–H and O–H groups in total. The average Bonchev–Trinajstić information content (AvgIpc) is 2.64. The number of nitrogens with two attached hydrogens (primary N) is 1. The first-order chi connectivity index (χ1) is 8.17. The van der Waals surface area contributed by atoms with Crippen LogP contribution >= 0.6 is 11.8 Å². The number of nitrogens with zero attached hydrogens (tertiary/aromatic N) is 2. The number of esters is 1. The molecule has 0 atom stereocenters. The van der Waals surface area contributed by atoms with Crippen LogP contribution in [0.15, 0.2) is 11.4 Å². The summed E-state index contributed by atoms with van der Waals surface area (Å²) in [6.07, 6.45) is 3.47. The summed E-state index contributed by atoms with van der Waals surface area (Å²) < 4.78 is 4.94. The smallest absolute Gasteiger partial charge is 0.344 e. The van der Waals surface area contributed by atoms with E-state index in [9.17, 15) is 4.79 Å².